The first-order valence-electron chi connectivity index (χ1n) is 6.93. The summed E-state index contributed by atoms with van der Waals surface area (Å²) in [6, 6.07) is 8.53. The highest BCUT2D eigenvalue weighted by Gasteiger charge is 2.30. The van der Waals surface area contributed by atoms with Crippen LogP contribution in [-0.4, -0.2) is 8.42 Å². The first-order chi connectivity index (χ1) is 10.6. The van der Waals surface area contributed by atoms with Crippen LogP contribution in [0.5, 0.6) is 0 Å². The van der Waals surface area contributed by atoms with Gasteiger partial charge in [-0.05, 0) is 60.9 Å². The molecule has 23 heavy (non-hydrogen) atoms. The van der Waals surface area contributed by atoms with Gasteiger partial charge in [0.2, 0.25) is 0 Å². The number of hydrogen-bond donors (Lipinski definition) is 1. The van der Waals surface area contributed by atoms with E-state index in [9.17, 15) is 21.6 Å². The quantitative estimate of drug-likeness (QED) is 0.896. The molecule has 0 aromatic heterocycles. The van der Waals surface area contributed by atoms with Gasteiger partial charge in [0.1, 0.15) is 0 Å². The van der Waals surface area contributed by atoms with E-state index >= 15 is 0 Å². The van der Waals surface area contributed by atoms with Crippen LogP contribution in [0.2, 0.25) is 0 Å². The van der Waals surface area contributed by atoms with Gasteiger partial charge >= 0.3 is 6.18 Å². The Hall–Kier alpha value is -2.02. The third kappa shape index (κ3) is 4.04. The molecule has 2 rings (SSSR count). The number of nitrogens with one attached hydrogen (secondary N) is 1. The fraction of sp³-hybridized carbons (Fsp3) is 0.250. The molecule has 0 aliphatic heterocycles. The fourth-order valence-electron chi connectivity index (χ4n) is 2.19. The van der Waals surface area contributed by atoms with Crippen LogP contribution in [0.15, 0.2) is 47.4 Å². The van der Waals surface area contributed by atoms with Crippen molar-refractivity contribution in [2.45, 2.75) is 31.3 Å². The number of anilines is 1. The van der Waals surface area contributed by atoms with Crippen molar-refractivity contribution in [1.82, 2.24) is 0 Å². The third-order valence-corrected chi connectivity index (χ3v) is 4.86. The summed E-state index contributed by atoms with van der Waals surface area (Å²) in [4.78, 5) is -0.220. The Morgan fingerprint density at radius 3 is 2.13 bits per heavy atom. The van der Waals surface area contributed by atoms with Gasteiger partial charge in [0, 0.05) is 5.69 Å². The number of rotatable bonds is 4. The highest BCUT2D eigenvalue weighted by molar-refractivity contribution is 7.92. The summed E-state index contributed by atoms with van der Waals surface area (Å²) in [5.74, 6) is 0. The molecule has 0 spiro atoms. The van der Waals surface area contributed by atoms with Gasteiger partial charge in [0.15, 0.2) is 0 Å². The largest absolute Gasteiger partial charge is 0.416 e. The average molecular weight is 343 g/mol. The van der Waals surface area contributed by atoms with Crippen LogP contribution in [0.3, 0.4) is 0 Å². The normalized spacial score (nSPS) is 12.2. The third-order valence-electron chi connectivity index (χ3n) is 3.47. The molecule has 0 unspecified atom stereocenters. The average Bonchev–Trinajstić information content (AvgIpc) is 2.46. The van der Waals surface area contributed by atoms with Gasteiger partial charge in [-0.1, -0.05) is 13.0 Å². The standard InChI is InChI=1S/C16H16F3NO2S/c1-3-12-4-7-14(10-11(12)2)20-23(21,22)15-8-5-13(6-9-15)16(17,18)19/h4-10,20H,3H2,1-2H3. The Morgan fingerprint density at radius 2 is 1.65 bits per heavy atom. The van der Waals surface area contributed by atoms with Crippen molar-refractivity contribution in [3.05, 3.63) is 59.2 Å². The minimum atomic E-state index is -4.50. The van der Waals surface area contributed by atoms with Gasteiger partial charge < -0.3 is 0 Å². The molecule has 0 fully saturated rings. The summed E-state index contributed by atoms with van der Waals surface area (Å²) < 4.78 is 64.4. The van der Waals surface area contributed by atoms with Crippen molar-refractivity contribution in [1.29, 1.82) is 0 Å². The second-order valence-electron chi connectivity index (χ2n) is 5.12. The second-order valence-corrected chi connectivity index (χ2v) is 6.80. The van der Waals surface area contributed by atoms with Gasteiger partial charge in [-0.25, -0.2) is 8.42 Å². The molecule has 0 radical (unpaired) electrons. The molecule has 1 N–H and O–H groups in total. The molecule has 7 heteroatoms. The van der Waals surface area contributed by atoms with E-state index in [0.29, 0.717) is 5.69 Å². The van der Waals surface area contributed by atoms with E-state index in [2.05, 4.69) is 4.72 Å². The first kappa shape index (κ1) is 17.3. The Kier molecular flexibility index (Phi) is 4.70. The summed E-state index contributed by atoms with van der Waals surface area (Å²) in [5.41, 5.74) is 1.53. The van der Waals surface area contributed by atoms with Crippen LogP contribution in [0.4, 0.5) is 18.9 Å². The van der Waals surface area contributed by atoms with Crippen LogP contribution < -0.4 is 4.72 Å². The number of benzene rings is 2. The summed E-state index contributed by atoms with van der Waals surface area (Å²) in [6.45, 7) is 3.86. The summed E-state index contributed by atoms with van der Waals surface area (Å²) in [5, 5.41) is 0. The molecule has 2 aromatic rings. The number of sulfonamides is 1. The highest BCUT2D eigenvalue weighted by Crippen LogP contribution is 2.30. The van der Waals surface area contributed by atoms with E-state index in [-0.39, 0.29) is 4.90 Å². The van der Waals surface area contributed by atoms with Crippen LogP contribution >= 0.6 is 0 Å². The van der Waals surface area contributed by atoms with Gasteiger partial charge in [0.05, 0.1) is 10.5 Å². The van der Waals surface area contributed by atoms with Crippen molar-refractivity contribution in [2.24, 2.45) is 0 Å². The molecule has 0 aliphatic rings. The van der Waals surface area contributed by atoms with Crippen molar-refractivity contribution in [3.63, 3.8) is 0 Å². The van der Waals surface area contributed by atoms with Crippen molar-refractivity contribution < 1.29 is 21.6 Å². The molecular formula is C16H16F3NO2S. The van der Waals surface area contributed by atoms with Crippen LogP contribution in [0, 0.1) is 6.92 Å². The molecule has 2 aromatic carbocycles. The molecule has 3 nitrogen and oxygen atoms in total. The van der Waals surface area contributed by atoms with Crippen LogP contribution in [0.25, 0.3) is 0 Å². The van der Waals surface area contributed by atoms with Crippen molar-refractivity contribution >= 4 is 15.7 Å². The lowest BCUT2D eigenvalue weighted by molar-refractivity contribution is -0.137. The van der Waals surface area contributed by atoms with Gasteiger partial charge in [-0.3, -0.25) is 4.72 Å². The van der Waals surface area contributed by atoms with E-state index in [0.717, 1.165) is 41.8 Å². The Bertz CT molecular complexity index is 797. The maximum Gasteiger partial charge on any atom is 0.416 e. The number of hydrogen-bond acceptors (Lipinski definition) is 2. The molecule has 0 aliphatic carbocycles. The van der Waals surface area contributed by atoms with Gasteiger partial charge in [0.25, 0.3) is 10.0 Å². The Labute approximate surface area is 133 Å². The van der Waals surface area contributed by atoms with Crippen LogP contribution in [0.1, 0.15) is 23.6 Å². The minimum absolute atomic E-state index is 0.220. The number of alkyl halides is 3. The maximum absolute atomic E-state index is 12.5. The predicted molar refractivity (Wildman–Crippen MR) is 82.8 cm³/mol. The van der Waals surface area contributed by atoms with Crippen molar-refractivity contribution in [2.75, 3.05) is 4.72 Å². The lowest BCUT2D eigenvalue weighted by Crippen LogP contribution is -2.14. The fourth-order valence-corrected chi connectivity index (χ4v) is 3.24. The van der Waals surface area contributed by atoms with E-state index in [1.54, 1.807) is 12.1 Å². The van der Waals surface area contributed by atoms with E-state index in [4.69, 9.17) is 0 Å². The molecule has 0 heterocycles. The lowest BCUT2D eigenvalue weighted by Gasteiger charge is -2.12. The maximum atomic E-state index is 12.5. The van der Waals surface area contributed by atoms with E-state index in [1.165, 1.54) is 0 Å². The topological polar surface area (TPSA) is 46.2 Å². The molecule has 124 valence electrons. The molecule has 0 bridgehead atoms. The monoisotopic (exact) mass is 343 g/mol. The lowest BCUT2D eigenvalue weighted by atomic mass is 10.1. The Morgan fingerprint density at radius 1 is 1.04 bits per heavy atom. The molecule has 0 saturated carbocycles. The molecule has 0 saturated heterocycles. The van der Waals surface area contributed by atoms with Crippen molar-refractivity contribution in [3.8, 4) is 0 Å². The van der Waals surface area contributed by atoms with Gasteiger partial charge in [-0.15, -0.1) is 0 Å². The van der Waals surface area contributed by atoms with Crippen LogP contribution in [-0.2, 0) is 22.6 Å². The SMILES string of the molecule is CCc1ccc(NS(=O)(=O)c2ccc(C(F)(F)F)cc2)cc1C. The minimum Gasteiger partial charge on any atom is -0.280 e. The Balaban J connectivity index is 2.27. The smallest absolute Gasteiger partial charge is 0.280 e. The zero-order valence-corrected chi connectivity index (χ0v) is 13.4. The molecule has 0 atom stereocenters. The predicted octanol–water partition coefficient (Wildman–Crippen LogP) is 4.38. The highest BCUT2D eigenvalue weighted by atomic mass is 32.2. The second kappa shape index (κ2) is 6.23. The molecular weight excluding hydrogens is 327 g/mol. The summed E-state index contributed by atoms with van der Waals surface area (Å²) in [6.07, 6.45) is -3.67. The van der Waals surface area contributed by atoms with E-state index in [1.807, 2.05) is 19.9 Å². The number of halogens is 3. The van der Waals surface area contributed by atoms with E-state index < -0.39 is 21.8 Å². The zero-order chi connectivity index (χ0) is 17.3. The first-order valence-corrected chi connectivity index (χ1v) is 8.41. The summed E-state index contributed by atoms with van der Waals surface area (Å²) >= 11 is 0. The number of aryl methyl sites for hydroxylation is 2. The summed E-state index contributed by atoms with van der Waals surface area (Å²) in [7, 11) is -3.93. The zero-order valence-electron chi connectivity index (χ0n) is 12.6. The van der Waals surface area contributed by atoms with Gasteiger partial charge in [-0.2, -0.15) is 13.2 Å². The molecule has 0 amide bonds.